The van der Waals surface area contributed by atoms with Crippen LogP contribution in [0.2, 0.25) is 0 Å². The third kappa shape index (κ3) is 4.33. The van der Waals surface area contributed by atoms with Crippen LogP contribution >= 0.6 is 0 Å². The number of anilines is 2. The number of nitrogens with two attached hydrogens (primary N) is 1. The van der Waals surface area contributed by atoms with E-state index < -0.39 is 29.2 Å². The molecule has 204 valence electrons. The van der Waals surface area contributed by atoms with E-state index in [1.165, 1.54) is 16.2 Å². The molecule has 1 saturated heterocycles. The van der Waals surface area contributed by atoms with Crippen LogP contribution in [0.1, 0.15) is 27.6 Å². The number of pyridine rings is 1. The molecule has 6 rings (SSSR count). The molecule has 0 atom stereocenters. The van der Waals surface area contributed by atoms with Crippen LogP contribution in [-0.4, -0.2) is 54.7 Å². The minimum atomic E-state index is -4.69. The molecule has 0 spiro atoms. The quantitative estimate of drug-likeness (QED) is 0.315. The van der Waals surface area contributed by atoms with Crippen molar-refractivity contribution in [3.63, 3.8) is 0 Å². The Labute approximate surface area is 224 Å². The van der Waals surface area contributed by atoms with Gasteiger partial charge in [-0.3, -0.25) is 18.5 Å². The van der Waals surface area contributed by atoms with E-state index in [0.29, 0.717) is 52.3 Å². The van der Waals surface area contributed by atoms with E-state index in [1.54, 1.807) is 24.5 Å². The van der Waals surface area contributed by atoms with Crippen LogP contribution in [-0.2, 0) is 6.18 Å². The van der Waals surface area contributed by atoms with Crippen molar-refractivity contribution in [2.75, 3.05) is 31.2 Å². The van der Waals surface area contributed by atoms with Gasteiger partial charge in [-0.25, -0.2) is 19.3 Å². The van der Waals surface area contributed by atoms with Crippen molar-refractivity contribution < 1.29 is 22.4 Å². The van der Waals surface area contributed by atoms with Crippen molar-refractivity contribution in [1.29, 1.82) is 0 Å². The molecule has 0 saturated carbocycles. The van der Waals surface area contributed by atoms with Gasteiger partial charge in [0.2, 0.25) is 0 Å². The first-order valence-electron chi connectivity index (χ1n) is 12.2. The predicted octanol–water partition coefficient (Wildman–Crippen LogP) is 4.67. The number of alkyl halides is 3. The number of nitrogen functional groups attached to an aromatic ring is 1. The zero-order valence-corrected chi connectivity index (χ0v) is 21.3. The normalized spacial score (nSPS) is 14.1. The summed E-state index contributed by atoms with van der Waals surface area (Å²) in [6.45, 7) is 3.62. The zero-order valence-electron chi connectivity index (χ0n) is 21.3. The van der Waals surface area contributed by atoms with E-state index in [1.807, 2.05) is 18.4 Å². The first-order chi connectivity index (χ1) is 19.0. The monoisotopic (exact) mass is 550 g/mol. The summed E-state index contributed by atoms with van der Waals surface area (Å²) < 4.78 is 56.7. The highest BCUT2D eigenvalue weighted by molar-refractivity contribution is 6.03. The molecule has 1 fully saturated rings. The molecule has 1 aromatic carbocycles. The number of nitrogens with one attached hydrogen (secondary N) is 1. The van der Waals surface area contributed by atoms with Crippen LogP contribution in [0.5, 0.6) is 0 Å². The van der Waals surface area contributed by atoms with Crippen molar-refractivity contribution in [2.45, 2.75) is 13.1 Å². The summed E-state index contributed by atoms with van der Waals surface area (Å²) in [5.41, 5.74) is 8.98. The number of fused-ring (bicyclic) bond motifs is 2. The number of carbonyl (C=O) groups is 1. The number of benzene rings is 1. The Kier molecular flexibility index (Phi) is 5.84. The minimum absolute atomic E-state index is 0.00444. The molecule has 5 heterocycles. The molecule has 4 aromatic heterocycles. The summed E-state index contributed by atoms with van der Waals surface area (Å²) >= 11 is 0. The van der Waals surface area contributed by atoms with Gasteiger partial charge in [-0.2, -0.15) is 13.2 Å². The molecule has 13 heteroatoms. The van der Waals surface area contributed by atoms with E-state index in [-0.39, 0.29) is 5.69 Å². The van der Waals surface area contributed by atoms with Gasteiger partial charge >= 0.3 is 6.18 Å². The van der Waals surface area contributed by atoms with Crippen LogP contribution in [0.4, 0.5) is 29.1 Å². The number of hydrogen-bond donors (Lipinski definition) is 2. The van der Waals surface area contributed by atoms with Gasteiger partial charge in [-0.1, -0.05) is 0 Å². The average molecular weight is 551 g/mol. The van der Waals surface area contributed by atoms with Gasteiger partial charge in [-0.05, 0) is 56.0 Å². The van der Waals surface area contributed by atoms with Crippen LogP contribution in [0.25, 0.3) is 28.5 Å². The van der Waals surface area contributed by atoms with Gasteiger partial charge in [0, 0.05) is 24.8 Å². The molecule has 1 aliphatic heterocycles. The summed E-state index contributed by atoms with van der Waals surface area (Å²) in [7, 11) is 2.04. The SMILES string of the molecule is Cc1nc(-c2ccn3c(C(=O)Nc4cc(C(F)(F)F)ccc4F)cnc3c2)c2c(N)ncc(C=C3CN(C)C3)n12. The van der Waals surface area contributed by atoms with Crippen LogP contribution in [0.15, 0.2) is 54.5 Å². The van der Waals surface area contributed by atoms with Gasteiger partial charge in [0.15, 0.2) is 0 Å². The molecule has 0 radical (unpaired) electrons. The number of likely N-dealkylation sites (tertiary alicyclic amines) is 1. The predicted molar refractivity (Wildman–Crippen MR) is 141 cm³/mol. The lowest BCUT2D eigenvalue weighted by Crippen LogP contribution is -2.36. The fourth-order valence-corrected chi connectivity index (χ4v) is 4.87. The van der Waals surface area contributed by atoms with Crippen molar-refractivity contribution in [2.24, 2.45) is 0 Å². The Hall–Kier alpha value is -4.78. The largest absolute Gasteiger partial charge is 0.416 e. The number of imidazole rings is 2. The molecule has 0 unspecified atom stereocenters. The summed E-state index contributed by atoms with van der Waals surface area (Å²) in [4.78, 5) is 28.5. The maximum absolute atomic E-state index is 14.2. The number of halogens is 4. The molecular formula is C27H22F4N8O. The fraction of sp³-hybridized carbons (Fsp3) is 0.185. The number of nitrogens with zero attached hydrogens (tertiary/aromatic N) is 6. The highest BCUT2D eigenvalue weighted by atomic mass is 19.4. The maximum atomic E-state index is 14.2. The molecule has 1 aliphatic rings. The lowest BCUT2D eigenvalue weighted by Gasteiger charge is -2.29. The van der Waals surface area contributed by atoms with Crippen molar-refractivity contribution >= 4 is 34.7 Å². The summed E-state index contributed by atoms with van der Waals surface area (Å²) in [6.07, 6.45) is 1.93. The molecule has 0 aliphatic carbocycles. The number of aryl methyl sites for hydroxylation is 1. The van der Waals surface area contributed by atoms with E-state index in [2.05, 4.69) is 26.3 Å². The van der Waals surface area contributed by atoms with Gasteiger partial charge in [-0.15, -0.1) is 0 Å². The summed E-state index contributed by atoms with van der Waals surface area (Å²) in [6, 6.07) is 5.23. The summed E-state index contributed by atoms with van der Waals surface area (Å²) in [5.74, 6) is -0.806. The molecule has 5 aromatic rings. The zero-order chi connectivity index (χ0) is 28.3. The van der Waals surface area contributed by atoms with Crippen LogP contribution in [0, 0.1) is 12.7 Å². The molecule has 9 nitrogen and oxygen atoms in total. The number of carbonyl (C=O) groups excluding carboxylic acids is 1. The van der Waals surface area contributed by atoms with E-state index in [0.717, 1.165) is 18.8 Å². The first kappa shape index (κ1) is 25.5. The van der Waals surface area contributed by atoms with Crippen molar-refractivity contribution in [1.82, 2.24) is 28.7 Å². The molecule has 3 N–H and O–H groups in total. The van der Waals surface area contributed by atoms with E-state index >= 15 is 0 Å². The second kappa shape index (κ2) is 9.16. The third-order valence-electron chi connectivity index (χ3n) is 6.74. The van der Waals surface area contributed by atoms with Gasteiger partial charge in [0.1, 0.15) is 40.0 Å². The summed E-state index contributed by atoms with van der Waals surface area (Å²) in [5, 5.41) is 2.21. The Morgan fingerprint density at radius 1 is 1.12 bits per heavy atom. The van der Waals surface area contributed by atoms with Gasteiger partial charge < -0.3 is 11.1 Å². The number of amides is 1. The molecule has 1 amide bonds. The third-order valence-corrected chi connectivity index (χ3v) is 6.74. The Balaban J connectivity index is 1.35. The smallest absolute Gasteiger partial charge is 0.382 e. The lowest BCUT2D eigenvalue weighted by atomic mass is 10.1. The topological polar surface area (TPSA) is 106 Å². The maximum Gasteiger partial charge on any atom is 0.416 e. The van der Waals surface area contributed by atoms with Crippen molar-refractivity contribution in [3.8, 4) is 11.3 Å². The highest BCUT2D eigenvalue weighted by Crippen LogP contribution is 2.33. The number of aromatic nitrogens is 5. The fourth-order valence-electron chi connectivity index (χ4n) is 4.87. The van der Waals surface area contributed by atoms with Crippen LogP contribution in [0.3, 0.4) is 0 Å². The average Bonchev–Trinajstić information content (AvgIpc) is 3.46. The number of hydrogen-bond acceptors (Lipinski definition) is 6. The number of rotatable bonds is 4. The Bertz CT molecular complexity index is 1850. The first-order valence-corrected chi connectivity index (χ1v) is 12.2. The minimum Gasteiger partial charge on any atom is -0.382 e. The van der Waals surface area contributed by atoms with Crippen LogP contribution < -0.4 is 11.1 Å². The van der Waals surface area contributed by atoms with Gasteiger partial charge in [0.05, 0.1) is 29.3 Å². The molecular weight excluding hydrogens is 528 g/mol. The van der Waals surface area contributed by atoms with Crippen molar-refractivity contribution in [3.05, 3.63) is 83.1 Å². The van der Waals surface area contributed by atoms with E-state index in [9.17, 15) is 22.4 Å². The Morgan fingerprint density at radius 3 is 2.62 bits per heavy atom. The highest BCUT2D eigenvalue weighted by Gasteiger charge is 2.31. The second-order valence-electron chi connectivity index (χ2n) is 9.67. The molecule has 0 bridgehead atoms. The lowest BCUT2D eigenvalue weighted by molar-refractivity contribution is -0.137. The Morgan fingerprint density at radius 2 is 1.90 bits per heavy atom. The number of likely N-dealkylation sites (N-methyl/N-ethyl adjacent to an activating group) is 1. The second-order valence-corrected chi connectivity index (χ2v) is 9.67. The standard InChI is InChI=1S/C27H22F4N8O/c1-14-35-23(24-25(32)34-10-18(39(14)24)7-15-12-37(2)13-15)16-5-6-38-21(11-33-22(38)8-16)26(40)36-20-9-17(27(29,30)31)3-4-19(20)28/h3-11H,12-13H2,1-2H3,(H2,32,34)(H,36,40). The molecule has 40 heavy (non-hydrogen) atoms. The van der Waals surface area contributed by atoms with E-state index in [4.69, 9.17) is 10.7 Å². The van der Waals surface area contributed by atoms with Gasteiger partial charge in [0.25, 0.3) is 5.91 Å².